The number of hydrogen-bond acceptors (Lipinski definition) is 3. The number of hydrogen-bond donors (Lipinski definition) is 1. The van der Waals surface area contributed by atoms with Crippen LogP contribution >= 0.6 is 0 Å². The van der Waals surface area contributed by atoms with E-state index in [0.29, 0.717) is 12.8 Å². The molecule has 0 aliphatic heterocycles. The van der Waals surface area contributed by atoms with Crippen molar-refractivity contribution in [3.63, 3.8) is 0 Å². The first-order valence-electron chi connectivity index (χ1n) is 13.7. The first kappa shape index (κ1) is 30.9. The van der Waals surface area contributed by atoms with Gasteiger partial charge in [0.05, 0.1) is 5.92 Å². The predicted molar refractivity (Wildman–Crippen MR) is 135 cm³/mol. The van der Waals surface area contributed by atoms with Gasteiger partial charge in [-0.25, -0.2) is 0 Å². The zero-order chi connectivity index (χ0) is 24.2. The quantitative estimate of drug-likeness (QED) is 0.131. The van der Waals surface area contributed by atoms with E-state index in [0.717, 1.165) is 43.9 Å². The van der Waals surface area contributed by atoms with Gasteiger partial charge in [0.15, 0.2) is 0 Å². The van der Waals surface area contributed by atoms with E-state index in [-0.39, 0.29) is 18.5 Å². The van der Waals surface area contributed by atoms with Gasteiger partial charge in [-0.15, -0.1) is 0 Å². The van der Waals surface area contributed by atoms with Gasteiger partial charge in [-0.2, -0.15) is 0 Å². The first-order valence-corrected chi connectivity index (χ1v) is 13.7. The molecule has 0 radical (unpaired) electrons. The summed E-state index contributed by atoms with van der Waals surface area (Å²) in [6.45, 7) is 11.1. The summed E-state index contributed by atoms with van der Waals surface area (Å²) >= 11 is 0. The minimum Gasteiger partial charge on any atom is -0.481 e. The molecule has 4 nitrogen and oxygen atoms in total. The topological polar surface area (TPSA) is 63.6 Å². The summed E-state index contributed by atoms with van der Waals surface area (Å²) in [5, 5.41) is 9.30. The van der Waals surface area contributed by atoms with Crippen LogP contribution in [-0.2, 0) is 14.3 Å². The van der Waals surface area contributed by atoms with E-state index in [9.17, 15) is 14.7 Å². The van der Waals surface area contributed by atoms with E-state index in [1.165, 1.54) is 57.8 Å². The number of carboxylic acid groups (broad SMARTS) is 1. The molecule has 32 heavy (non-hydrogen) atoms. The van der Waals surface area contributed by atoms with E-state index >= 15 is 0 Å². The lowest BCUT2D eigenvalue weighted by atomic mass is 9.98. The third-order valence-corrected chi connectivity index (χ3v) is 6.35. The lowest BCUT2D eigenvalue weighted by Gasteiger charge is -2.19. The van der Waals surface area contributed by atoms with Crippen LogP contribution in [0.15, 0.2) is 0 Å². The van der Waals surface area contributed by atoms with Crippen molar-refractivity contribution in [2.24, 2.45) is 17.8 Å². The van der Waals surface area contributed by atoms with Gasteiger partial charge in [0.2, 0.25) is 0 Å². The molecule has 0 saturated carbocycles. The number of carboxylic acids is 1. The molecule has 0 heterocycles. The number of carbonyl (C=O) groups excluding carboxylic acids is 1. The maximum atomic E-state index is 12.4. The number of unbranched alkanes of at least 4 members (excludes halogenated alkanes) is 7. The summed E-state index contributed by atoms with van der Waals surface area (Å²) in [6.07, 6.45) is 17.6. The normalized spacial score (nSPS) is 13.5. The van der Waals surface area contributed by atoms with E-state index < -0.39 is 11.9 Å². The third-order valence-electron chi connectivity index (χ3n) is 6.35. The Morgan fingerprint density at radius 1 is 0.656 bits per heavy atom. The van der Waals surface area contributed by atoms with Crippen molar-refractivity contribution in [2.45, 2.75) is 150 Å². The summed E-state index contributed by atoms with van der Waals surface area (Å²) in [5.41, 5.74) is 0. The van der Waals surface area contributed by atoms with Crippen LogP contribution in [0.3, 0.4) is 0 Å². The summed E-state index contributed by atoms with van der Waals surface area (Å²) in [5.74, 6) is 0.105. The minimum absolute atomic E-state index is 0.00283. The molecule has 0 aromatic heterocycles. The van der Waals surface area contributed by atoms with Gasteiger partial charge in [-0.3, -0.25) is 9.59 Å². The molecular weight excluding hydrogens is 400 g/mol. The van der Waals surface area contributed by atoms with Crippen LogP contribution in [0.25, 0.3) is 0 Å². The fourth-order valence-electron chi connectivity index (χ4n) is 4.27. The molecule has 0 aromatic carbocycles. The van der Waals surface area contributed by atoms with Crippen molar-refractivity contribution >= 4 is 11.9 Å². The molecule has 0 rings (SSSR count). The van der Waals surface area contributed by atoms with E-state index in [1.807, 2.05) is 6.92 Å². The molecule has 4 heteroatoms. The molecule has 1 N–H and O–H groups in total. The number of aliphatic carboxylic acids is 1. The Labute approximate surface area is 199 Å². The highest BCUT2D eigenvalue weighted by Gasteiger charge is 2.20. The summed E-state index contributed by atoms with van der Waals surface area (Å²) in [6, 6.07) is 0. The summed E-state index contributed by atoms with van der Waals surface area (Å²) in [4.78, 5) is 23.7. The van der Waals surface area contributed by atoms with Crippen molar-refractivity contribution in [2.75, 3.05) is 0 Å². The van der Waals surface area contributed by atoms with Gasteiger partial charge in [-0.05, 0) is 50.4 Å². The maximum absolute atomic E-state index is 12.4. The Bertz CT molecular complexity index is 458. The maximum Gasteiger partial charge on any atom is 0.306 e. The number of carbonyl (C=O) groups is 2. The lowest BCUT2D eigenvalue weighted by Crippen LogP contribution is -2.21. The second-order valence-electron chi connectivity index (χ2n) is 10.6. The van der Waals surface area contributed by atoms with E-state index in [1.54, 1.807) is 0 Å². The second-order valence-corrected chi connectivity index (χ2v) is 10.6. The highest BCUT2D eigenvalue weighted by atomic mass is 16.5. The molecule has 0 fully saturated rings. The Hall–Kier alpha value is -1.06. The van der Waals surface area contributed by atoms with Crippen molar-refractivity contribution in [3.05, 3.63) is 0 Å². The first-order chi connectivity index (χ1) is 15.3. The Balaban J connectivity index is 4.31. The van der Waals surface area contributed by atoms with E-state index in [4.69, 9.17) is 4.74 Å². The minimum atomic E-state index is -0.797. The van der Waals surface area contributed by atoms with Crippen LogP contribution in [0.5, 0.6) is 0 Å². The van der Waals surface area contributed by atoms with Crippen molar-refractivity contribution in [1.29, 1.82) is 0 Å². The summed E-state index contributed by atoms with van der Waals surface area (Å²) in [7, 11) is 0. The Morgan fingerprint density at radius 2 is 1.09 bits per heavy atom. The molecule has 2 atom stereocenters. The molecule has 2 unspecified atom stereocenters. The lowest BCUT2D eigenvalue weighted by molar-refractivity contribution is -0.150. The van der Waals surface area contributed by atoms with Crippen LogP contribution in [0.2, 0.25) is 0 Å². The number of ether oxygens (including phenoxy) is 1. The average molecular weight is 455 g/mol. The highest BCUT2D eigenvalue weighted by Crippen LogP contribution is 2.20. The van der Waals surface area contributed by atoms with Gasteiger partial charge in [0.1, 0.15) is 6.10 Å². The van der Waals surface area contributed by atoms with E-state index in [2.05, 4.69) is 27.7 Å². The molecule has 0 spiro atoms. The van der Waals surface area contributed by atoms with Crippen LogP contribution < -0.4 is 0 Å². The van der Waals surface area contributed by atoms with Crippen molar-refractivity contribution in [1.82, 2.24) is 0 Å². The molecule has 0 aromatic rings. The Kier molecular flexibility index (Phi) is 19.9. The van der Waals surface area contributed by atoms with Gasteiger partial charge in [0.25, 0.3) is 0 Å². The van der Waals surface area contributed by atoms with Gasteiger partial charge in [-0.1, -0.05) is 98.8 Å². The standard InChI is InChI=1S/C28H54O4/c1-6-16-25(28(30)31)21-22-27(29)32-26(20-15-11-13-18-24(4)5)19-14-10-8-7-9-12-17-23(2)3/h23-26H,6-22H2,1-5H3,(H,30,31). The second kappa shape index (κ2) is 20.5. The molecule has 0 bridgehead atoms. The molecule has 0 aliphatic rings. The smallest absolute Gasteiger partial charge is 0.306 e. The van der Waals surface area contributed by atoms with Gasteiger partial charge in [0, 0.05) is 6.42 Å². The molecule has 0 saturated heterocycles. The van der Waals surface area contributed by atoms with Gasteiger partial charge >= 0.3 is 11.9 Å². The monoisotopic (exact) mass is 454 g/mol. The molecular formula is C28H54O4. The zero-order valence-corrected chi connectivity index (χ0v) is 22.0. The SMILES string of the molecule is CCCC(CCC(=O)OC(CCCCCCCCC(C)C)CCCCCC(C)C)C(=O)O. The van der Waals surface area contributed by atoms with Crippen LogP contribution in [0.1, 0.15) is 144 Å². The third kappa shape index (κ3) is 19.6. The molecule has 0 aliphatic carbocycles. The van der Waals surface area contributed by atoms with Crippen molar-refractivity contribution in [3.8, 4) is 0 Å². The summed E-state index contributed by atoms with van der Waals surface area (Å²) < 4.78 is 5.83. The zero-order valence-electron chi connectivity index (χ0n) is 22.0. The highest BCUT2D eigenvalue weighted by molar-refractivity contribution is 5.73. The largest absolute Gasteiger partial charge is 0.481 e. The van der Waals surface area contributed by atoms with Gasteiger partial charge < -0.3 is 9.84 Å². The van der Waals surface area contributed by atoms with Crippen LogP contribution in [-0.4, -0.2) is 23.1 Å². The molecule has 190 valence electrons. The average Bonchev–Trinajstić information content (AvgIpc) is 2.71. The predicted octanol–water partition coefficient (Wildman–Crippen LogP) is 8.56. The van der Waals surface area contributed by atoms with Crippen LogP contribution in [0, 0.1) is 17.8 Å². The number of rotatable bonds is 22. The van der Waals surface area contributed by atoms with Crippen LogP contribution in [0.4, 0.5) is 0 Å². The number of esters is 1. The fraction of sp³-hybridized carbons (Fsp3) is 0.929. The Morgan fingerprint density at radius 3 is 1.53 bits per heavy atom. The fourth-order valence-corrected chi connectivity index (χ4v) is 4.27. The van der Waals surface area contributed by atoms with Crippen molar-refractivity contribution < 1.29 is 19.4 Å². The molecule has 0 amide bonds.